The molecule has 0 aliphatic carbocycles. The lowest BCUT2D eigenvalue weighted by Gasteiger charge is -2.10. The van der Waals surface area contributed by atoms with E-state index in [-0.39, 0.29) is 5.75 Å². The molecule has 2 aromatic carbocycles. The predicted molar refractivity (Wildman–Crippen MR) is 86.7 cm³/mol. The van der Waals surface area contributed by atoms with Crippen LogP contribution in [0.1, 0.15) is 18.1 Å². The average Bonchev–Trinajstić information content (AvgIpc) is 2.41. The van der Waals surface area contributed by atoms with E-state index >= 15 is 0 Å². The van der Waals surface area contributed by atoms with Crippen molar-refractivity contribution in [2.45, 2.75) is 19.9 Å². The van der Waals surface area contributed by atoms with Crippen molar-refractivity contribution >= 4 is 37.5 Å². The Morgan fingerprint density at radius 3 is 2.42 bits per heavy atom. The Morgan fingerprint density at radius 2 is 1.79 bits per heavy atom. The second-order valence-corrected chi connectivity index (χ2v) is 6.07. The highest BCUT2D eigenvalue weighted by Gasteiger charge is 2.07. The molecule has 0 saturated carbocycles. The maximum absolute atomic E-state index is 9.97. The van der Waals surface area contributed by atoms with Crippen molar-refractivity contribution in [1.29, 1.82) is 0 Å². The number of phenolic OH excluding ortho intramolecular Hbond substituents is 1. The Kier molecular flexibility index (Phi) is 4.88. The lowest BCUT2D eigenvalue weighted by Crippen LogP contribution is -2.00. The molecule has 0 atom stereocenters. The molecule has 4 heteroatoms. The number of hydrogen-bond donors (Lipinski definition) is 2. The molecule has 0 unspecified atom stereocenters. The van der Waals surface area contributed by atoms with Gasteiger partial charge in [-0.05, 0) is 52.2 Å². The second-order valence-electron chi connectivity index (χ2n) is 4.30. The molecule has 2 nitrogen and oxygen atoms in total. The van der Waals surface area contributed by atoms with Crippen molar-refractivity contribution in [3.05, 3.63) is 56.5 Å². The molecule has 0 saturated heterocycles. The number of anilines is 1. The van der Waals surface area contributed by atoms with Crippen LogP contribution in [0.4, 0.5) is 5.69 Å². The Balaban J connectivity index is 2.09. The van der Waals surface area contributed by atoms with E-state index in [1.165, 1.54) is 5.56 Å². The summed E-state index contributed by atoms with van der Waals surface area (Å²) in [6, 6.07) is 12.1. The SMILES string of the molecule is CCc1ccc(NCc2cc(Br)cc(Br)c2O)cc1. The molecule has 0 spiro atoms. The summed E-state index contributed by atoms with van der Waals surface area (Å²) in [7, 11) is 0. The topological polar surface area (TPSA) is 32.3 Å². The third-order valence-corrected chi connectivity index (χ3v) is 4.01. The maximum Gasteiger partial charge on any atom is 0.134 e. The Bertz CT molecular complexity index is 567. The molecule has 100 valence electrons. The van der Waals surface area contributed by atoms with E-state index in [2.05, 4.69) is 68.4 Å². The van der Waals surface area contributed by atoms with Crippen LogP contribution >= 0.6 is 31.9 Å². The molecule has 2 aromatic rings. The van der Waals surface area contributed by atoms with Crippen LogP contribution in [0.2, 0.25) is 0 Å². The van der Waals surface area contributed by atoms with E-state index in [0.717, 1.165) is 22.1 Å². The third-order valence-electron chi connectivity index (χ3n) is 2.95. The van der Waals surface area contributed by atoms with Gasteiger partial charge in [0.1, 0.15) is 5.75 Å². The van der Waals surface area contributed by atoms with Crippen molar-refractivity contribution in [2.24, 2.45) is 0 Å². The highest BCUT2D eigenvalue weighted by molar-refractivity contribution is 9.11. The number of nitrogens with one attached hydrogen (secondary N) is 1. The molecule has 2 N–H and O–H groups in total. The first-order valence-electron chi connectivity index (χ1n) is 6.10. The molecule has 0 bridgehead atoms. The molecule has 0 heterocycles. The standard InChI is InChI=1S/C15H15Br2NO/c1-2-10-3-5-13(6-4-10)18-9-11-7-12(16)8-14(17)15(11)19/h3-8,18-19H,2,9H2,1H3. The van der Waals surface area contributed by atoms with Crippen LogP contribution < -0.4 is 5.32 Å². The highest BCUT2D eigenvalue weighted by Crippen LogP contribution is 2.32. The van der Waals surface area contributed by atoms with Gasteiger partial charge in [-0.25, -0.2) is 0 Å². The van der Waals surface area contributed by atoms with E-state index in [1.807, 2.05) is 12.1 Å². The normalized spacial score (nSPS) is 10.5. The number of benzene rings is 2. The molecule has 19 heavy (non-hydrogen) atoms. The van der Waals surface area contributed by atoms with Gasteiger partial charge < -0.3 is 10.4 Å². The smallest absolute Gasteiger partial charge is 0.134 e. The van der Waals surface area contributed by atoms with Gasteiger partial charge in [-0.1, -0.05) is 35.0 Å². The van der Waals surface area contributed by atoms with Crippen molar-refractivity contribution in [2.75, 3.05) is 5.32 Å². The van der Waals surface area contributed by atoms with Crippen LogP contribution in [0.15, 0.2) is 45.3 Å². The third kappa shape index (κ3) is 3.74. The summed E-state index contributed by atoms with van der Waals surface area (Å²) in [5.41, 5.74) is 3.21. The van der Waals surface area contributed by atoms with Gasteiger partial charge in [-0.2, -0.15) is 0 Å². The fraction of sp³-hybridized carbons (Fsp3) is 0.200. The number of rotatable bonds is 4. The van der Waals surface area contributed by atoms with E-state index in [4.69, 9.17) is 0 Å². The summed E-state index contributed by atoms with van der Waals surface area (Å²) in [6.45, 7) is 2.72. The predicted octanol–water partition coefficient (Wildman–Crippen LogP) is 5.09. The van der Waals surface area contributed by atoms with Crippen LogP contribution in [-0.2, 0) is 13.0 Å². The van der Waals surface area contributed by atoms with Gasteiger partial charge in [0.25, 0.3) is 0 Å². The fourth-order valence-electron chi connectivity index (χ4n) is 1.81. The lowest BCUT2D eigenvalue weighted by molar-refractivity contribution is 0.465. The minimum Gasteiger partial charge on any atom is -0.506 e. The quantitative estimate of drug-likeness (QED) is 0.769. The number of aryl methyl sites for hydroxylation is 1. The molecule has 0 aliphatic heterocycles. The first-order chi connectivity index (χ1) is 9.10. The van der Waals surface area contributed by atoms with Crippen LogP contribution in [0.5, 0.6) is 5.75 Å². The summed E-state index contributed by atoms with van der Waals surface area (Å²) in [5, 5.41) is 13.3. The largest absolute Gasteiger partial charge is 0.506 e. The Labute approximate surface area is 130 Å². The zero-order chi connectivity index (χ0) is 13.8. The minimum absolute atomic E-state index is 0.279. The van der Waals surface area contributed by atoms with E-state index in [9.17, 15) is 5.11 Å². The number of halogens is 2. The van der Waals surface area contributed by atoms with E-state index < -0.39 is 0 Å². The summed E-state index contributed by atoms with van der Waals surface area (Å²) in [4.78, 5) is 0. The van der Waals surface area contributed by atoms with Gasteiger partial charge in [0.05, 0.1) is 4.47 Å². The van der Waals surface area contributed by atoms with Crippen LogP contribution in [-0.4, -0.2) is 5.11 Å². The van der Waals surface area contributed by atoms with Crippen molar-refractivity contribution in [1.82, 2.24) is 0 Å². The van der Waals surface area contributed by atoms with Crippen molar-refractivity contribution in [3.63, 3.8) is 0 Å². The van der Waals surface area contributed by atoms with E-state index in [0.29, 0.717) is 11.0 Å². The molecule has 0 aliphatic rings. The summed E-state index contributed by atoms with van der Waals surface area (Å²) >= 11 is 6.76. The van der Waals surface area contributed by atoms with Gasteiger partial charge in [0, 0.05) is 22.3 Å². The minimum atomic E-state index is 0.279. The Hall–Kier alpha value is -1.00. The number of aromatic hydroxyl groups is 1. The highest BCUT2D eigenvalue weighted by atomic mass is 79.9. The number of phenols is 1. The molecule has 0 radical (unpaired) electrons. The lowest BCUT2D eigenvalue weighted by atomic mass is 10.1. The van der Waals surface area contributed by atoms with Gasteiger partial charge in [-0.15, -0.1) is 0 Å². The fourth-order valence-corrected chi connectivity index (χ4v) is 3.12. The van der Waals surface area contributed by atoms with E-state index in [1.54, 1.807) is 0 Å². The van der Waals surface area contributed by atoms with Crippen molar-refractivity contribution < 1.29 is 5.11 Å². The number of hydrogen-bond acceptors (Lipinski definition) is 2. The van der Waals surface area contributed by atoms with Crippen LogP contribution in [0.25, 0.3) is 0 Å². The van der Waals surface area contributed by atoms with Gasteiger partial charge in [0.15, 0.2) is 0 Å². The molecule has 0 amide bonds. The maximum atomic E-state index is 9.97. The van der Waals surface area contributed by atoms with Crippen LogP contribution in [0.3, 0.4) is 0 Å². The molecular weight excluding hydrogens is 370 g/mol. The molecule has 0 aromatic heterocycles. The summed E-state index contributed by atoms with van der Waals surface area (Å²) in [6.07, 6.45) is 1.04. The monoisotopic (exact) mass is 383 g/mol. The molecular formula is C15H15Br2NO. The summed E-state index contributed by atoms with van der Waals surface area (Å²) < 4.78 is 1.63. The van der Waals surface area contributed by atoms with Gasteiger partial charge in [0.2, 0.25) is 0 Å². The Morgan fingerprint density at radius 1 is 1.11 bits per heavy atom. The second kappa shape index (κ2) is 6.44. The molecule has 0 fully saturated rings. The zero-order valence-corrected chi connectivity index (χ0v) is 13.8. The summed E-state index contributed by atoms with van der Waals surface area (Å²) in [5.74, 6) is 0.279. The van der Waals surface area contributed by atoms with Gasteiger partial charge in [-0.3, -0.25) is 0 Å². The van der Waals surface area contributed by atoms with Gasteiger partial charge >= 0.3 is 0 Å². The zero-order valence-electron chi connectivity index (χ0n) is 10.6. The van der Waals surface area contributed by atoms with Crippen molar-refractivity contribution in [3.8, 4) is 5.75 Å². The molecule has 2 rings (SSSR count). The first kappa shape index (κ1) is 14.4. The average molecular weight is 385 g/mol. The van der Waals surface area contributed by atoms with Crippen LogP contribution in [0, 0.1) is 0 Å². The first-order valence-corrected chi connectivity index (χ1v) is 7.68.